The number of nitrogens with zero attached hydrogens (tertiary/aromatic N) is 2. The number of sulfonamides is 1. The van der Waals surface area contributed by atoms with E-state index in [0.717, 1.165) is 23.1 Å². The van der Waals surface area contributed by atoms with Crippen LogP contribution in [0.5, 0.6) is 0 Å². The van der Waals surface area contributed by atoms with Gasteiger partial charge in [0.25, 0.3) is 0 Å². The SMILES string of the molecule is CCC(C)N(CC(=O)N1CCc2sccc2C1c1ccc(C)cc1)S(=O)(=O)c1cc(Cl)ccc1Cl. The van der Waals surface area contributed by atoms with Gasteiger partial charge in [0, 0.05) is 22.5 Å². The molecule has 2 aromatic carbocycles. The van der Waals surface area contributed by atoms with Gasteiger partial charge < -0.3 is 4.90 Å². The summed E-state index contributed by atoms with van der Waals surface area (Å²) in [4.78, 5) is 16.8. The van der Waals surface area contributed by atoms with Gasteiger partial charge in [-0.2, -0.15) is 4.31 Å². The highest BCUT2D eigenvalue weighted by Crippen LogP contribution is 2.38. The highest BCUT2D eigenvalue weighted by atomic mass is 35.5. The monoisotopic (exact) mass is 550 g/mol. The Bertz CT molecular complexity index is 1320. The van der Waals surface area contributed by atoms with E-state index >= 15 is 0 Å². The Morgan fingerprint density at radius 2 is 1.89 bits per heavy atom. The largest absolute Gasteiger partial charge is 0.330 e. The number of hydrogen-bond acceptors (Lipinski definition) is 4. The molecule has 1 aliphatic heterocycles. The summed E-state index contributed by atoms with van der Waals surface area (Å²) in [6, 6.07) is 13.9. The first-order chi connectivity index (χ1) is 16.6. The first kappa shape index (κ1) is 26.2. The predicted molar refractivity (Wildman–Crippen MR) is 143 cm³/mol. The van der Waals surface area contributed by atoms with Crippen LogP contribution in [0.2, 0.25) is 10.0 Å². The molecular weight excluding hydrogens is 523 g/mol. The van der Waals surface area contributed by atoms with Crippen LogP contribution in [0.3, 0.4) is 0 Å². The topological polar surface area (TPSA) is 57.7 Å². The molecule has 1 aliphatic rings. The van der Waals surface area contributed by atoms with Crippen molar-refractivity contribution in [3.63, 3.8) is 0 Å². The fourth-order valence-electron chi connectivity index (χ4n) is 4.40. The van der Waals surface area contributed by atoms with Crippen molar-refractivity contribution in [2.45, 2.75) is 50.6 Å². The molecule has 186 valence electrons. The second-order valence-corrected chi connectivity index (χ2v) is 12.5. The molecule has 35 heavy (non-hydrogen) atoms. The molecule has 0 saturated carbocycles. The van der Waals surface area contributed by atoms with Crippen molar-refractivity contribution in [1.82, 2.24) is 9.21 Å². The molecule has 9 heteroatoms. The molecule has 1 aromatic heterocycles. The van der Waals surface area contributed by atoms with E-state index in [4.69, 9.17) is 23.2 Å². The van der Waals surface area contributed by atoms with Crippen molar-refractivity contribution in [3.8, 4) is 0 Å². The Kier molecular flexibility index (Phi) is 7.93. The highest BCUT2D eigenvalue weighted by molar-refractivity contribution is 7.89. The van der Waals surface area contributed by atoms with Crippen LogP contribution in [0.1, 0.15) is 47.9 Å². The van der Waals surface area contributed by atoms with E-state index in [9.17, 15) is 13.2 Å². The van der Waals surface area contributed by atoms with Gasteiger partial charge in [-0.05, 0) is 67.5 Å². The summed E-state index contributed by atoms with van der Waals surface area (Å²) in [5.41, 5.74) is 3.26. The lowest BCUT2D eigenvalue weighted by atomic mass is 9.92. The number of hydrogen-bond donors (Lipinski definition) is 0. The maximum Gasteiger partial charge on any atom is 0.245 e. The van der Waals surface area contributed by atoms with Gasteiger partial charge in [-0.1, -0.05) is 60.0 Å². The number of carbonyl (C=O) groups excluding carboxylic acids is 1. The van der Waals surface area contributed by atoms with Crippen LogP contribution >= 0.6 is 34.5 Å². The Labute approximate surface area is 221 Å². The third kappa shape index (κ3) is 5.30. The molecule has 1 amide bonds. The molecular formula is C26H28Cl2N2O3S2. The van der Waals surface area contributed by atoms with E-state index in [1.54, 1.807) is 24.3 Å². The van der Waals surface area contributed by atoms with Gasteiger partial charge in [0.2, 0.25) is 15.9 Å². The lowest BCUT2D eigenvalue weighted by Crippen LogP contribution is -2.49. The van der Waals surface area contributed by atoms with Crippen molar-refractivity contribution < 1.29 is 13.2 Å². The molecule has 2 heterocycles. The van der Waals surface area contributed by atoms with Crippen LogP contribution in [-0.4, -0.2) is 42.7 Å². The molecule has 0 spiro atoms. The zero-order valence-electron chi connectivity index (χ0n) is 19.9. The fourth-order valence-corrected chi connectivity index (χ4v) is 7.70. The average Bonchev–Trinajstić information content (AvgIpc) is 3.32. The van der Waals surface area contributed by atoms with Crippen LogP contribution in [-0.2, 0) is 21.2 Å². The summed E-state index contributed by atoms with van der Waals surface area (Å²) in [5.74, 6) is -0.241. The lowest BCUT2D eigenvalue weighted by molar-refractivity contribution is -0.133. The Balaban J connectivity index is 1.70. The molecule has 2 unspecified atom stereocenters. The Morgan fingerprint density at radius 3 is 2.57 bits per heavy atom. The molecule has 0 N–H and O–H groups in total. The second-order valence-electron chi connectivity index (χ2n) is 8.83. The first-order valence-corrected chi connectivity index (χ1v) is 14.6. The summed E-state index contributed by atoms with van der Waals surface area (Å²) in [6.07, 6.45) is 1.29. The van der Waals surface area contributed by atoms with Crippen LogP contribution in [0, 0.1) is 6.92 Å². The molecule has 0 fully saturated rings. The number of halogens is 2. The van der Waals surface area contributed by atoms with Gasteiger partial charge in [0.1, 0.15) is 4.90 Å². The van der Waals surface area contributed by atoms with E-state index in [1.807, 2.05) is 43.0 Å². The summed E-state index contributed by atoms with van der Waals surface area (Å²) in [6.45, 7) is 5.97. The molecule has 3 aromatic rings. The molecule has 0 aliphatic carbocycles. The van der Waals surface area contributed by atoms with Crippen molar-refractivity contribution in [2.75, 3.05) is 13.1 Å². The lowest BCUT2D eigenvalue weighted by Gasteiger charge is -2.38. The molecule has 4 rings (SSSR count). The second kappa shape index (κ2) is 10.6. The van der Waals surface area contributed by atoms with Crippen molar-refractivity contribution in [2.24, 2.45) is 0 Å². The van der Waals surface area contributed by atoms with E-state index < -0.39 is 16.1 Å². The van der Waals surface area contributed by atoms with Gasteiger partial charge in [-0.15, -0.1) is 11.3 Å². The van der Waals surface area contributed by atoms with Crippen LogP contribution < -0.4 is 0 Å². The minimum Gasteiger partial charge on any atom is -0.330 e. The minimum absolute atomic E-state index is 0.0774. The van der Waals surface area contributed by atoms with Gasteiger partial charge >= 0.3 is 0 Å². The van der Waals surface area contributed by atoms with Gasteiger partial charge in [-0.25, -0.2) is 8.42 Å². The number of amides is 1. The third-order valence-corrected chi connectivity index (χ3v) is 10.2. The molecule has 2 atom stereocenters. The van der Waals surface area contributed by atoms with E-state index in [2.05, 4.69) is 11.4 Å². The zero-order valence-corrected chi connectivity index (χ0v) is 23.0. The number of rotatable bonds is 7. The van der Waals surface area contributed by atoms with E-state index in [-0.39, 0.29) is 33.4 Å². The minimum atomic E-state index is -4.07. The maximum atomic E-state index is 13.8. The van der Waals surface area contributed by atoms with Crippen molar-refractivity contribution >= 4 is 50.5 Å². The highest BCUT2D eigenvalue weighted by Gasteiger charge is 2.37. The van der Waals surface area contributed by atoms with Crippen LogP contribution in [0.4, 0.5) is 0 Å². The fraction of sp³-hybridized carbons (Fsp3) is 0.346. The number of carbonyl (C=O) groups is 1. The summed E-state index contributed by atoms with van der Waals surface area (Å²) >= 11 is 14.0. The Hall–Kier alpha value is -1.90. The van der Waals surface area contributed by atoms with E-state index in [0.29, 0.717) is 13.0 Å². The van der Waals surface area contributed by atoms with Crippen LogP contribution in [0.25, 0.3) is 0 Å². The number of fused-ring (bicyclic) bond motifs is 1. The molecule has 0 bridgehead atoms. The number of aryl methyl sites for hydroxylation is 1. The van der Waals surface area contributed by atoms with Gasteiger partial charge in [-0.3, -0.25) is 4.79 Å². The normalized spacial score (nSPS) is 16.9. The number of thiophene rings is 1. The Morgan fingerprint density at radius 1 is 1.17 bits per heavy atom. The standard InChI is InChI=1S/C26H28Cl2N2O3S2/c1-4-18(3)30(35(32,33)24-15-20(27)9-10-22(24)28)16-25(31)29-13-11-23-21(12-14-34-23)26(29)19-7-5-17(2)6-8-19/h5-10,12,14-15,18,26H,4,11,13,16H2,1-3H3. The third-order valence-electron chi connectivity index (χ3n) is 6.53. The summed E-state index contributed by atoms with van der Waals surface area (Å²) in [7, 11) is -4.07. The smallest absolute Gasteiger partial charge is 0.245 e. The van der Waals surface area contributed by atoms with E-state index in [1.165, 1.54) is 21.3 Å². The predicted octanol–water partition coefficient (Wildman–Crippen LogP) is 6.33. The molecule has 0 radical (unpaired) electrons. The van der Waals surface area contributed by atoms with Gasteiger partial charge in [0.05, 0.1) is 17.6 Å². The maximum absolute atomic E-state index is 13.8. The van der Waals surface area contributed by atoms with Gasteiger partial charge in [0.15, 0.2) is 0 Å². The summed E-state index contributed by atoms with van der Waals surface area (Å²) in [5, 5.41) is 2.40. The number of benzene rings is 2. The molecule has 0 saturated heterocycles. The van der Waals surface area contributed by atoms with Crippen molar-refractivity contribution in [3.05, 3.63) is 85.5 Å². The first-order valence-electron chi connectivity index (χ1n) is 11.5. The average molecular weight is 552 g/mol. The zero-order chi connectivity index (χ0) is 25.3. The summed E-state index contributed by atoms with van der Waals surface area (Å²) < 4.78 is 28.6. The quantitative estimate of drug-likeness (QED) is 0.345. The van der Waals surface area contributed by atoms with Crippen molar-refractivity contribution in [1.29, 1.82) is 0 Å². The molecule has 5 nitrogen and oxygen atoms in total. The van der Waals surface area contributed by atoms with Crippen LogP contribution in [0.15, 0.2) is 58.8 Å².